The van der Waals surface area contributed by atoms with E-state index in [9.17, 15) is 4.79 Å². The molecule has 1 amide bonds. The smallest absolute Gasteiger partial charge is 0.234 e. The van der Waals surface area contributed by atoms with Crippen LogP contribution in [0.4, 0.5) is 5.69 Å². The van der Waals surface area contributed by atoms with Crippen LogP contribution in [0.1, 0.15) is 41.5 Å². The second kappa shape index (κ2) is 7.60. The molecule has 0 bridgehead atoms. The second-order valence-corrected chi connectivity index (χ2v) is 7.88. The Morgan fingerprint density at radius 1 is 1.30 bits per heavy atom. The van der Waals surface area contributed by atoms with Crippen LogP contribution < -0.4 is 5.32 Å². The molecule has 1 fully saturated rings. The molecule has 0 spiro atoms. The van der Waals surface area contributed by atoms with Gasteiger partial charge in [0.05, 0.1) is 18.6 Å². The third kappa shape index (κ3) is 4.24. The number of nitrogens with one attached hydrogen (secondary N) is 1. The van der Waals surface area contributed by atoms with E-state index in [0.717, 1.165) is 40.8 Å². The molecule has 0 radical (unpaired) electrons. The van der Waals surface area contributed by atoms with E-state index in [-0.39, 0.29) is 11.7 Å². The quantitative estimate of drug-likeness (QED) is 0.622. The third-order valence-electron chi connectivity index (χ3n) is 4.57. The van der Waals surface area contributed by atoms with Gasteiger partial charge in [0.1, 0.15) is 11.6 Å². The van der Waals surface area contributed by atoms with Gasteiger partial charge in [-0.3, -0.25) is 9.36 Å². The maximum atomic E-state index is 12.4. The van der Waals surface area contributed by atoms with E-state index in [2.05, 4.69) is 26.1 Å². The molecule has 1 aliphatic rings. The van der Waals surface area contributed by atoms with E-state index in [1.54, 1.807) is 6.26 Å². The maximum Gasteiger partial charge on any atom is 0.234 e. The zero-order valence-electron chi connectivity index (χ0n) is 15.4. The van der Waals surface area contributed by atoms with E-state index in [1.807, 2.05) is 38.1 Å². The number of aryl methyl sites for hydroxylation is 2. The summed E-state index contributed by atoms with van der Waals surface area (Å²) in [5.74, 6) is 2.56. The van der Waals surface area contributed by atoms with Crippen LogP contribution in [0, 0.1) is 13.8 Å². The molecule has 1 aliphatic carbocycles. The van der Waals surface area contributed by atoms with Gasteiger partial charge in [-0.25, -0.2) is 0 Å². The largest absolute Gasteiger partial charge is 0.467 e. The normalized spacial score (nSPS) is 13.7. The summed E-state index contributed by atoms with van der Waals surface area (Å²) < 4.78 is 7.55. The number of carbonyl (C=O) groups is 1. The molecule has 0 saturated heterocycles. The Labute approximate surface area is 162 Å². The Balaban J connectivity index is 1.43. The first-order chi connectivity index (χ1) is 13.1. The summed E-state index contributed by atoms with van der Waals surface area (Å²) in [6.45, 7) is 4.63. The average Bonchev–Trinajstić information content (AvgIpc) is 3.20. The number of benzene rings is 1. The van der Waals surface area contributed by atoms with Crippen LogP contribution in [0.5, 0.6) is 0 Å². The lowest BCUT2D eigenvalue weighted by Gasteiger charge is -2.10. The number of hydrogen-bond acceptors (Lipinski definition) is 5. The molecule has 1 aromatic carbocycles. The lowest BCUT2D eigenvalue weighted by molar-refractivity contribution is -0.113. The van der Waals surface area contributed by atoms with Gasteiger partial charge >= 0.3 is 0 Å². The Morgan fingerprint density at radius 3 is 2.85 bits per heavy atom. The predicted molar refractivity (Wildman–Crippen MR) is 105 cm³/mol. The molecule has 0 atom stereocenters. The van der Waals surface area contributed by atoms with Gasteiger partial charge in [-0.1, -0.05) is 29.5 Å². The Morgan fingerprint density at radius 2 is 2.15 bits per heavy atom. The first-order valence-corrected chi connectivity index (χ1v) is 10.0. The monoisotopic (exact) mass is 382 g/mol. The minimum atomic E-state index is -0.0486. The molecule has 1 N–H and O–H groups in total. The summed E-state index contributed by atoms with van der Waals surface area (Å²) >= 11 is 1.41. The van der Waals surface area contributed by atoms with Crippen molar-refractivity contribution < 1.29 is 9.21 Å². The van der Waals surface area contributed by atoms with E-state index in [4.69, 9.17) is 4.42 Å². The van der Waals surface area contributed by atoms with Crippen molar-refractivity contribution in [1.82, 2.24) is 14.8 Å². The number of rotatable bonds is 7. The minimum absolute atomic E-state index is 0.0486. The van der Waals surface area contributed by atoms with Crippen LogP contribution in [-0.4, -0.2) is 26.4 Å². The minimum Gasteiger partial charge on any atom is -0.467 e. The van der Waals surface area contributed by atoms with Gasteiger partial charge in [0.15, 0.2) is 5.16 Å². The van der Waals surface area contributed by atoms with Gasteiger partial charge < -0.3 is 9.73 Å². The van der Waals surface area contributed by atoms with E-state index < -0.39 is 0 Å². The van der Waals surface area contributed by atoms with E-state index in [0.29, 0.717) is 12.5 Å². The number of carbonyl (C=O) groups excluding carboxylic acids is 1. The van der Waals surface area contributed by atoms with Crippen molar-refractivity contribution in [3.63, 3.8) is 0 Å². The van der Waals surface area contributed by atoms with Gasteiger partial charge in [0.25, 0.3) is 0 Å². The molecule has 0 aliphatic heterocycles. The summed E-state index contributed by atoms with van der Waals surface area (Å²) in [6.07, 6.45) is 3.96. The molecular formula is C20H22N4O2S. The molecule has 3 aromatic rings. The highest BCUT2D eigenvalue weighted by Gasteiger charge is 2.30. The molecule has 2 aromatic heterocycles. The number of nitrogens with zero attached hydrogens (tertiary/aromatic N) is 3. The first-order valence-electron chi connectivity index (χ1n) is 9.05. The highest BCUT2D eigenvalue weighted by molar-refractivity contribution is 7.99. The number of hydrogen-bond donors (Lipinski definition) is 1. The standard InChI is InChI=1S/C20H22N4O2S/c1-13-5-8-17(14(2)10-13)21-18(25)12-27-20-23-22-19(15-6-7-15)24(20)11-16-4-3-9-26-16/h3-5,8-10,15H,6-7,11-12H2,1-2H3,(H,21,25). The molecule has 27 heavy (non-hydrogen) atoms. The molecule has 6 nitrogen and oxygen atoms in total. The zero-order valence-corrected chi connectivity index (χ0v) is 16.3. The molecule has 1 saturated carbocycles. The van der Waals surface area contributed by atoms with Gasteiger partial charge in [-0.15, -0.1) is 10.2 Å². The number of furan rings is 1. The van der Waals surface area contributed by atoms with Crippen LogP contribution in [-0.2, 0) is 11.3 Å². The van der Waals surface area contributed by atoms with Gasteiger partial charge in [0, 0.05) is 11.6 Å². The number of amides is 1. The van der Waals surface area contributed by atoms with Crippen LogP contribution >= 0.6 is 11.8 Å². The second-order valence-electron chi connectivity index (χ2n) is 6.94. The molecule has 7 heteroatoms. The number of anilines is 1. The van der Waals surface area contributed by atoms with Crippen LogP contribution in [0.25, 0.3) is 0 Å². The number of aromatic nitrogens is 3. The molecular weight excluding hydrogens is 360 g/mol. The molecule has 140 valence electrons. The Bertz CT molecular complexity index is 945. The average molecular weight is 382 g/mol. The van der Waals surface area contributed by atoms with Crippen LogP contribution in [0.15, 0.2) is 46.2 Å². The number of thioether (sulfide) groups is 1. The topological polar surface area (TPSA) is 73.0 Å². The van der Waals surface area contributed by atoms with Crippen molar-refractivity contribution in [2.75, 3.05) is 11.1 Å². The molecule has 0 unspecified atom stereocenters. The van der Waals surface area contributed by atoms with Crippen molar-refractivity contribution in [1.29, 1.82) is 0 Å². The summed E-state index contributed by atoms with van der Waals surface area (Å²) in [7, 11) is 0. The van der Waals surface area contributed by atoms with Crippen LogP contribution in [0.2, 0.25) is 0 Å². The lowest BCUT2D eigenvalue weighted by Crippen LogP contribution is -2.15. The van der Waals surface area contributed by atoms with Crippen molar-refractivity contribution in [3.05, 3.63) is 59.3 Å². The summed E-state index contributed by atoms with van der Waals surface area (Å²) in [4.78, 5) is 12.4. The fourth-order valence-corrected chi connectivity index (χ4v) is 3.77. The highest BCUT2D eigenvalue weighted by Crippen LogP contribution is 2.40. The van der Waals surface area contributed by atoms with Crippen molar-refractivity contribution in [3.8, 4) is 0 Å². The third-order valence-corrected chi connectivity index (χ3v) is 5.54. The van der Waals surface area contributed by atoms with Gasteiger partial charge in [-0.2, -0.15) is 0 Å². The van der Waals surface area contributed by atoms with E-state index in [1.165, 1.54) is 17.3 Å². The SMILES string of the molecule is Cc1ccc(NC(=O)CSc2nnc(C3CC3)n2Cc2ccco2)c(C)c1. The first kappa shape index (κ1) is 17.9. The maximum absolute atomic E-state index is 12.4. The van der Waals surface area contributed by atoms with E-state index >= 15 is 0 Å². The van der Waals surface area contributed by atoms with Gasteiger partial charge in [-0.05, 0) is 50.5 Å². The zero-order chi connectivity index (χ0) is 18.8. The fourth-order valence-electron chi connectivity index (χ4n) is 3.03. The fraction of sp³-hybridized carbons (Fsp3) is 0.350. The molecule has 4 rings (SSSR count). The lowest BCUT2D eigenvalue weighted by atomic mass is 10.1. The summed E-state index contributed by atoms with van der Waals surface area (Å²) in [5.41, 5.74) is 3.09. The van der Waals surface area contributed by atoms with Gasteiger partial charge in [0.2, 0.25) is 5.91 Å². The Kier molecular flexibility index (Phi) is 5.03. The molecule has 2 heterocycles. The van der Waals surface area contributed by atoms with Crippen LogP contribution in [0.3, 0.4) is 0 Å². The Hall–Kier alpha value is -2.54. The highest BCUT2D eigenvalue weighted by atomic mass is 32.2. The van der Waals surface area contributed by atoms with Crippen molar-refractivity contribution in [2.45, 2.75) is 44.3 Å². The van der Waals surface area contributed by atoms with Crippen molar-refractivity contribution >= 4 is 23.4 Å². The summed E-state index contributed by atoms with van der Waals surface area (Å²) in [6, 6.07) is 9.82. The predicted octanol–water partition coefficient (Wildman–Crippen LogP) is 4.14. The summed E-state index contributed by atoms with van der Waals surface area (Å²) in [5, 5.41) is 12.4. The van der Waals surface area contributed by atoms with Crippen molar-refractivity contribution in [2.24, 2.45) is 0 Å².